The summed E-state index contributed by atoms with van der Waals surface area (Å²) in [5.74, 6) is 2.08. The van der Waals surface area contributed by atoms with Crippen molar-refractivity contribution in [1.29, 1.82) is 0 Å². The first-order valence-corrected chi connectivity index (χ1v) is 9.60. The standard InChI is InChI=1S/C23H22N4O2/c1-3-28-21-12-19-20(13-22(21)29-4-2)25-15-26-23(19)27-18-9-5-7-16(11-18)17-8-6-10-24-14-17/h5-15H,3-4H2,1-2H3,(H,25,26,27). The van der Waals surface area contributed by atoms with Crippen molar-refractivity contribution in [2.24, 2.45) is 0 Å². The molecule has 0 bridgehead atoms. The van der Waals surface area contributed by atoms with Crippen molar-refractivity contribution in [2.45, 2.75) is 13.8 Å². The summed E-state index contributed by atoms with van der Waals surface area (Å²) < 4.78 is 11.5. The zero-order valence-corrected chi connectivity index (χ0v) is 16.4. The van der Waals surface area contributed by atoms with E-state index in [2.05, 4.69) is 32.4 Å². The molecule has 0 saturated carbocycles. The molecule has 0 unspecified atom stereocenters. The van der Waals surface area contributed by atoms with Gasteiger partial charge in [0.1, 0.15) is 12.1 Å². The molecule has 0 radical (unpaired) electrons. The fraction of sp³-hybridized carbons (Fsp3) is 0.174. The quantitative estimate of drug-likeness (QED) is 0.469. The normalized spacial score (nSPS) is 10.7. The number of aromatic nitrogens is 3. The van der Waals surface area contributed by atoms with Gasteiger partial charge in [0, 0.05) is 35.1 Å². The Morgan fingerprint density at radius 3 is 2.41 bits per heavy atom. The maximum Gasteiger partial charge on any atom is 0.163 e. The van der Waals surface area contributed by atoms with Gasteiger partial charge in [-0.2, -0.15) is 0 Å². The van der Waals surface area contributed by atoms with E-state index in [1.165, 1.54) is 0 Å². The molecule has 29 heavy (non-hydrogen) atoms. The molecule has 6 heteroatoms. The largest absolute Gasteiger partial charge is 0.490 e. The maximum absolute atomic E-state index is 5.76. The molecule has 146 valence electrons. The predicted molar refractivity (Wildman–Crippen MR) is 115 cm³/mol. The van der Waals surface area contributed by atoms with Crippen LogP contribution in [0.25, 0.3) is 22.0 Å². The zero-order chi connectivity index (χ0) is 20.1. The van der Waals surface area contributed by atoms with Gasteiger partial charge in [0.15, 0.2) is 11.5 Å². The van der Waals surface area contributed by atoms with Crippen LogP contribution in [-0.4, -0.2) is 28.2 Å². The van der Waals surface area contributed by atoms with Crippen LogP contribution in [0.1, 0.15) is 13.8 Å². The number of fused-ring (bicyclic) bond motifs is 1. The van der Waals surface area contributed by atoms with Crippen LogP contribution in [-0.2, 0) is 0 Å². The van der Waals surface area contributed by atoms with Crippen molar-refractivity contribution >= 4 is 22.4 Å². The third-order valence-corrected chi connectivity index (χ3v) is 4.42. The Labute approximate surface area is 169 Å². The Morgan fingerprint density at radius 1 is 0.862 bits per heavy atom. The van der Waals surface area contributed by atoms with E-state index >= 15 is 0 Å². The minimum Gasteiger partial charge on any atom is -0.490 e. The van der Waals surface area contributed by atoms with Gasteiger partial charge in [-0.1, -0.05) is 18.2 Å². The predicted octanol–water partition coefficient (Wildman–Crippen LogP) is 5.23. The molecule has 4 aromatic rings. The van der Waals surface area contributed by atoms with Gasteiger partial charge in [-0.3, -0.25) is 4.98 Å². The lowest BCUT2D eigenvalue weighted by atomic mass is 10.1. The van der Waals surface area contributed by atoms with E-state index in [-0.39, 0.29) is 0 Å². The Morgan fingerprint density at radius 2 is 1.66 bits per heavy atom. The van der Waals surface area contributed by atoms with Crippen molar-refractivity contribution in [3.05, 3.63) is 67.3 Å². The third kappa shape index (κ3) is 4.11. The second-order valence-corrected chi connectivity index (χ2v) is 6.35. The van der Waals surface area contributed by atoms with Gasteiger partial charge in [0.05, 0.1) is 18.7 Å². The summed E-state index contributed by atoms with van der Waals surface area (Å²) >= 11 is 0. The number of anilines is 2. The van der Waals surface area contributed by atoms with E-state index < -0.39 is 0 Å². The molecular weight excluding hydrogens is 364 g/mol. The molecular formula is C23H22N4O2. The first-order chi connectivity index (χ1) is 14.3. The van der Waals surface area contributed by atoms with Gasteiger partial charge in [-0.25, -0.2) is 9.97 Å². The van der Waals surface area contributed by atoms with Gasteiger partial charge < -0.3 is 14.8 Å². The molecule has 0 aliphatic heterocycles. The molecule has 0 spiro atoms. The molecule has 0 saturated heterocycles. The first kappa shape index (κ1) is 18.7. The molecule has 6 nitrogen and oxygen atoms in total. The van der Waals surface area contributed by atoms with Crippen LogP contribution >= 0.6 is 0 Å². The summed E-state index contributed by atoms with van der Waals surface area (Å²) in [6, 6.07) is 15.9. The van der Waals surface area contributed by atoms with E-state index in [4.69, 9.17) is 9.47 Å². The van der Waals surface area contributed by atoms with Crippen molar-refractivity contribution in [3.8, 4) is 22.6 Å². The number of rotatable bonds is 7. The van der Waals surface area contributed by atoms with Gasteiger partial charge in [0.25, 0.3) is 0 Å². The Balaban J connectivity index is 1.72. The van der Waals surface area contributed by atoms with Crippen LogP contribution < -0.4 is 14.8 Å². The molecule has 0 aliphatic rings. The van der Waals surface area contributed by atoms with Crippen LogP contribution in [0.15, 0.2) is 67.3 Å². The van der Waals surface area contributed by atoms with Crippen LogP contribution in [0, 0.1) is 0 Å². The highest BCUT2D eigenvalue weighted by atomic mass is 16.5. The maximum atomic E-state index is 5.76. The number of benzene rings is 2. The monoisotopic (exact) mass is 386 g/mol. The van der Waals surface area contributed by atoms with E-state index in [9.17, 15) is 0 Å². The summed E-state index contributed by atoms with van der Waals surface area (Å²) in [6.45, 7) is 5.00. The average molecular weight is 386 g/mol. The third-order valence-electron chi connectivity index (χ3n) is 4.42. The number of nitrogens with one attached hydrogen (secondary N) is 1. The van der Waals surface area contributed by atoms with Gasteiger partial charge in [-0.15, -0.1) is 0 Å². The number of ether oxygens (including phenoxy) is 2. The number of pyridine rings is 1. The summed E-state index contributed by atoms with van der Waals surface area (Å²) in [5.41, 5.74) is 3.86. The van der Waals surface area contributed by atoms with Gasteiger partial charge in [0.2, 0.25) is 0 Å². The van der Waals surface area contributed by atoms with Crippen molar-refractivity contribution in [1.82, 2.24) is 15.0 Å². The van der Waals surface area contributed by atoms with E-state index in [1.54, 1.807) is 12.5 Å². The van der Waals surface area contributed by atoms with Crippen LogP contribution in [0.3, 0.4) is 0 Å². The number of nitrogens with zero attached hydrogens (tertiary/aromatic N) is 3. The zero-order valence-electron chi connectivity index (χ0n) is 16.4. The Kier molecular flexibility index (Phi) is 5.52. The fourth-order valence-corrected chi connectivity index (χ4v) is 3.15. The van der Waals surface area contributed by atoms with Gasteiger partial charge >= 0.3 is 0 Å². The average Bonchev–Trinajstić information content (AvgIpc) is 2.76. The molecule has 2 heterocycles. The van der Waals surface area contributed by atoms with Crippen LogP contribution in [0.4, 0.5) is 11.5 Å². The van der Waals surface area contributed by atoms with Crippen molar-refractivity contribution in [3.63, 3.8) is 0 Å². The highest BCUT2D eigenvalue weighted by Gasteiger charge is 2.12. The SMILES string of the molecule is CCOc1cc2ncnc(Nc3cccc(-c4cccnc4)c3)c2cc1OCC. The number of hydrogen-bond donors (Lipinski definition) is 1. The van der Waals surface area contributed by atoms with Crippen molar-refractivity contribution in [2.75, 3.05) is 18.5 Å². The summed E-state index contributed by atoms with van der Waals surface area (Å²) in [7, 11) is 0. The van der Waals surface area contributed by atoms with E-state index in [0.717, 1.165) is 27.7 Å². The molecule has 0 fully saturated rings. The van der Waals surface area contributed by atoms with E-state index in [1.807, 2.05) is 56.4 Å². The number of hydrogen-bond acceptors (Lipinski definition) is 6. The summed E-state index contributed by atoms with van der Waals surface area (Å²) in [4.78, 5) is 13.0. The highest BCUT2D eigenvalue weighted by Crippen LogP contribution is 2.35. The van der Waals surface area contributed by atoms with Gasteiger partial charge in [-0.05, 0) is 43.7 Å². The lowest BCUT2D eigenvalue weighted by Gasteiger charge is -2.14. The smallest absolute Gasteiger partial charge is 0.163 e. The lowest BCUT2D eigenvalue weighted by Crippen LogP contribution is -2.01. The van der Waals surface area contributed by atoms with Crippen molar-refractivity contribution < 1.29 is 9.47 Å². The fourth-order valence-electron chi connectivity index (χ4n) is 3.15. The topological polar surface area (TPSA) is 69.2 Å². The molecule has 0 atom stereocenters. The van der Waals surface area contributed by atoms with Crippen LogP contribution in [0.2, 0.25) is 0 Å². The summed E-state index contributed by atoms with van der Waals surface area (Å²) in [6.07, 6.45) is 5.17. The van der Waals surface area contributed by atoms with E-state index in [0.29, 0.717) is 30.5 Å². The highest BCUT2D eigenvalue weighted by molar-refractivity contribution is 5.93. The van der Waals surface area contributed by atoms with Crippen LogP contribution in [0.5, 0.6) is 11.5 Å². The molecule has 1 N–H and O–H groups in total. The second kappa shape index (κ2) is 8.56. The molecule has 0 aliphatic carbocycles. The Bertz CT molecular complexity index is 1120. The minimum atomic E-state index is 0.551. The first-order valence-electron chi connectivity index (χ1n) is 9.60. The molecule has 2 aromatic carbocycles. The lowest BCUT2D eigenvalue weighted by molar-refractivity contribution is 0.288. The molecule has 2 aromatic heterocycles. The minimum absolute atomic E-state index is 0.551. The Hall–Kier alpha value is -3.67. The second-order valence-electron chi connectivity index (χ2n) is 6.35. The molecule has 4 rings (SSSR count). The summed E-state index contributed by atoms with van der Waals surface area (Å²) in [5, 5.41) is 4.28. The molecule has 0 amide bonds.